The van der Waals surface area contributed by atoms with Crippen molar-refractivity contribution in [1.82, 2.24) is 15.1 Å². The normalized spacial score (nSPS) is 13.8. The lowest BCUT2D eigenvalue weighted by atomic mass is 10.2. The molecule has 32 heavy (non-hydrogen) atoms. The Morgan fingerprint density at radius 3 is 2.47 bits per heavy atom. The zero-order valence-electron chi connectivity index (χ0n) is 18.3. The number of hydrogen-bond acceptors (Lipinski definition) is 6. The van der Waals surface area contributed by atoms with Crippen molar-refractivity contribution < 1.29 is 19.1 Å². The Kier molecular flexibility index (Phi) is 8.46. The summed E-state index contributed by atoms with van der Waals surface area (Å²) in [7, 11) is 0. The molecule has 0 saturated carbocycles. The van der Waals surface area contributed by atoms with Crippen LogP contribution >= 0.6 is 0 Å². The molecule has 1 fully saturated rings. The largest absolute Gasteiger partial charge is 0.490 e. The van der Waals surface area contributed by atoms with Crippen LogP contribution in [-0.4, -0.2) is 67.6 Å². The average molecular weight is 437 g/mol. The fourth-order valence-corrected chi connectivity index (χ4v) is 3.41. The van der Waals surface area contributed by atoms with Gasteiger partial charge in [0.25, 0.3) is 5.91 Å². The second kappa shape index (κ2) is 11.7. The van der Waals surface area contributed by atoms with E-state index < -0.39 is 0 Å². The highest BCUT2D eigenvalue weighted by molar-refractivity contribution is 5.79. The van der Waals surface area contributed by atoms with Gasteiger partial charge in [-0.15, -0.1) is 0 Å². The molecule has 168 valence electrons. The van der Waals surface area contributed by atoms with Gasteiger partial charge in [0.2, 0.25) is 5.91 Å². The molecular formula is C24H28N4O4. The number of carbonyl (C=O) groups is 2. The van der Waals surface area contributed by atoms with Crippen LogP contribution in [0.5, 0.6) is 11.5 Å². The monoisotopic (exact) mass is 436 g/mol. The Labute approximate surface area is 188 Å². The van der Waals surface area contributed by atoms with Gasteiger partial charge in [-0.1, -0.05) is 30.3 Å². The molecule has 8 heteroatoms. The standard InChI is InChI=1S/C24H28N4O4/c1-2-31-22-14-20(15-25)8-9-21(22)32-18-24(30)28-12-10-27(11-13-28)17-23(29)26-16-19-6-4-3-5-7-19/h3-9,14H,2,10-13,16-18H2,1H3,(H,26,29). The first-order chi connectivity index (χ1) is 15.6. The van der Waals surface area contributed by atoms with Gasteiger partial charge >= 0.3 is 0 Å². The first-order valence-electron chi connectivity index (χ1n) is 10.7. The minimum absolute atomic E-state index is 0.0266. The fraction of sp³-hybridized carbons (Fsp3) is 0.375. The Morgan fingerprint density at radius 2 is 1.78 bits per heavy atom. The molecule has 1 N–H and O–H groups in total. The maximum absolute atomic E-state index is 12.6. The molecule has 3 rings (SSSR count). The number of nitrogens with zero attached hydrogens (tertiary/aromatic N) is 3. The van der Waals surface area contributed by atoms with Crippen molar-refractivity contribution >= 4 is 11.8 Å². The first kappa shape index (κ1) is 23.1. The van der Waals surface area contributed by atoms with Crippen molar-refractivity contribution in [2.45, 2.75) is 13.5 Å². The van der Waals surface area contributed by atoms with Gasteiger partial charge in [0.15, 0.2) is 18.1 Å². The summed E-state index contributed by atoms with van der Waals surface area (Å²) in [4.78, 5) is 28.5. The minimum Gasteiger partial charge on any atom is -0.490 e. The van der Waals surface area contributed by atoms with Crippen LogP contribution in [0.2, 0.25) is 0 Å². The Hall–Kier alpha value is -3.57. The van der Waals surface area contributed by atoms with E-state index in [-0.39, 0.29) is 18.4 Å². The van der Waals surface area contributed by atoms with Crippen molar-refractivity contribution in [3.05, 3.63) is 59.7 Å². The Balaban J connectivity index is 1.41. The van der Waals surface area contributed by atoms with Crippen LogP contribution in [-0.2, 0) is 16.1 Å². The number of ether oxygens (including phenoxy) is 2. The lowest BCUT2D eigenvalue weighted by Crippen LogP contribution is -2.52. The van der Waals surface area contributed by atoms with Crippen LogP contribution in [0.4, 0.5) is 0 Å². The number of benzene rings is 2. The highest BCUT2D eigenvalue weighted by Gasteiger charge is 2.23. The number of nitrogens with one attached hydrogen (secondary N) is 1. The molecule has 0 atom stereocenters. The molecular weight excluding hydrogens is 408 g/mol. The van der Waals surface area contributed by atoms with E-state index in [0.717, 1.165) is 5.56 Å². The van der Waals surface area contributed by atoms with Gasteiger partial charge in [0, 0.05) is 38.8 Å². The number of piperazine rings is 1. The summed E-state index contributed by atoms with van der Waals surface area (Å²) in [6.45, 7) is 5.33. The van der Waals surface area contributed by atoms with Gasteiger partial charge in [-0.25, -0.2) is 0 Å². The van der Waals surface area contributed by atoms with E-state index in [1.165, 1.54) is 0 Å². The summed E-state index contributed by atoms with van der Waals surface area (Å²) in [5.74, 6) is 0.741. The maximum Gasteiger partial charge on any atom is 0.260 e. The molecule has 2 aromatic rings. The van der Waals surface area contributed by atoms with E-state index in [2.05, 4.69) is 11.4 Å². The third kappa shape index (κ3) is 6.72. The molecule has 0 unspecified atom stereocenters. The van der Waals surface area contributed by atoms with Crippen molar-refractivity contribution in [3.63, 3.8) is 0 Å². The average Bonchev–Trinajstić information content (AvgIpc) is 2.83. The molecule has 0 aliphatic carbocycles. The van der Waals surface area contributed by atoms with Crippen LogP contribution in [0.1, 0.15) is 18.1 Å². The van der Waals surface area contributed by atoms with E-state index in [1.54, 1.807) is 23.1 Å². The van der Waals surface area contributed by atoms with Gasteiger partial charge in [-0.2, -0.15) is 5.26 Å². The summed E-state index contributed by atoms with van der Waals surface area (Å²) < 4.78 is 11.2. The van der Waals surface area contributed by atoms with E-state index in [4.69, 9.17) is 14.7 Å². The van der Waals surface area contributed by atoms with Gasteiger partial charge in [0.1, 0.15) is 0 Å². The predicted octanol–water partition coefficient (Wildman–Crippen LogP) is 1.80. The van der Waals surface area contributed by atoms with Gasteiger partial charge < -0.3 is 19.7 Å². The molecule has 2 amide bonds. The van der Waals surface area contributed by atoms with E-state index in [9.17, 15) is 9.59 Å². The number of amides is 2. The van der Waals surface area contributed by atoms with Crippen LogP contribution in [0.3, 0.4) is 0 Å². The van der Waals surface area contributed by atoms with Crippen LogP contribution in [0, 0.1) is 11.3 Å². The molecule has 1 aliphatic heterocycles. The van der Waals surface area contributed by atoms with Crippen molar-refractivity contribution in [1.29, 1.82) is 5.26 Å². The van der Waals surface area contributed by atoms with Crippen molar-refractivity contribution in [2.24, 2.45) is 0 Å². The highest BCUT2D eigenvalue weighted by Crippen LogP contribution is 2.28. The summed E-state index contributed by atoms with van der Waals surface area (Å²) in [6.07, 6.45) is 0. The van der Waals surface area contributed by atoms with E-state index in [0.29, 0.717) is 62.9 Å². The number of carbonyl (C=O) groups excluding carboxylic acids is 2. The van der Waals surface area contributed by atoms with Gasteiger partial charge in [0.05, 0.1) is 24.8 Å². The zero-order chi connectivity index (χ0) is 22.8. The molecule has 0 radical (unpaired) electrons. The molecule has 1 heterocycles. The molecule has 0 bridgehead atoms. The summed E-state index contributed by atoms with van der Waals surface area (Å²) in [5, 5.41) is 12.0. The fourth-order valence-electron chi connectivity index (χ4n) is 3.41. The predicted molar refractivity (Wildman–Crippen MR) is 119 cm³/mol. The zero-order valence-corrected chi connectivity index (χ0v) is 18.3. The summed E-state index contributed by atoms with van der Waals surface area (Å²) >= 11 is 0. The van der Waals surface area contributed by atoms with Crippen LogP contribution in [0.15, 0.2) is 48.5 Å². The first-order valence-corrected chi connectivity index (χ1v) is 10.7. The highest BCUT2D eigenvalue weighted by atomic mass is 16.5. The second-order valence-electron chi connectivity index (χ2n) is 7.41. The van der Waals surface area contributed by atoms with Crippen molar-refractivity contribution in [3.8, 4) is 17.6 Å². The van der Waals surface area contributed by atoms with Gasteiger partial charge in [-0.05, 0) is 24.6 Å². The van der Waals surface area contributed by atoms with Crippen molar-refractivity contribution in [2.75, 3.05) is 45.9 Å². The quantitative estimate of drug-likeness (QED) is 0.644. The second-order valence-corrected chi connectivity index (χ2v) is 7.41. The topological polar surface area (TPSA) is 94.9 Å². The smallest absolute Gasteiger partial charge is 0.260 e. The number of hydrogen-bond donors (Lipinski definition) is 1. The number of rotatable bonds is 9. The van der Waals surface area contributed by atoms with Crippen LogP contribution in [0.25, 0.3) is 0 Å². The van der Waals surface area contributed by atoms with Gasteiger partial charge in [-0.3, -0.25) is 14.5 Å². The van der Waals surface area contributed by atoms with Crippen LogP contribution < -0.4 is 14.8 Å². The lowest BCUT2D eigenvalue weighted by Gasteiger charge is -2.34. The SMILES string of the molecule is CCOc1cc(C#N)ccc1OCC(=O)N1CCN(CC(=O)NCc2ccccc2)CC1. The Bertz CT molecular complexity index is 950. The molecule has 1 saturated heterocycles. The number of nitriles is 1. The lowest BCUT2D eigenvalue weighted by molar-refractivity contribution is -0.135. The molecule has 0 aromatic heterocycles. The minimum atomic E-state index is -0.120. The molecule has 0 spiro atoms. The molecule has 1 aliphatic rings. The Morgan fingerprint density at radius 1 is 1.03 bits per heavy atom. The third-order valence-electron chi connectivity index (χ3n) is 5.15. The molecule has 2 aromatic carbocycles. The molecule has 8 nitrogen and oxygen atoms in total. The van der Waals surface area contributed by atoms with E-state index >= 15 is 0 Å². The maximum atomic E-state index is 12.6. The summed E-state index contributed by atoms with van der Waals surface area (Å²) in [6, 6.07) is 16.7. The third-order valence-corrected chi connectivity index (χ3v) is 5.15. The van der Waals surface area contributed by atoms with E-state index in [1.807, 2.05) is 42.2 Å². The summed E-state index contributed by atoms with van der Waals surface area (Å²) in [5.41, 5.74) is 1.53.